The normalized spacial score (nSPS) is 6.11. The summed E-state index contributed by atoms with van der Waals surface area (Å²) in [5, 5.41) is 9.59. The van der Waals surface area contributed by atoms with Gasteiger partial charge in [-0.05, 0) is 5.92 Å². The Labute approximate surface area is 54.5 Å². The Kier molecular flexibility index (Phi) is 27.4. The monoisotopic (exact) mass is 140 g/mol. The Balaban J connectivity index is -0.0000000417. The van der Waals surface area contributed by atoms with Crippen molar-refractivity contribution in [3.05, 3.63) is 0 Å². The van der Waals surface area contributed by atoms with Crippen molar-refractivity contribution in [3.63, 3.8) is 0 Å². The Morgan fingerprint density at radius 2 is 1.44 bits per heavy atom. The van der Waals surface area contributed by atoms with Crippen LogP contribution in [0, 0.1) is 5.92 Å². The van der Waals surface area contributed by atoms with Gasteiger partial charge in [-0.25, -0.2) is 0 Å². The van der Waals surface area contributed by atoms with E-state index in [0.717, 1.165) is 0 Å². The molecule has 5 heteroatoms. The summed E-state index contributed by atoms with van der Waals surface area (Å²) in [5.41, 5.74) is 0. The van der Waals surface area contributed by atoms with E-state index in [4.69, 9.17) is 0 Å². The molecule has 0 aliphatic rings. The van der Waals surface area contributed by atoms with Crippen molar-refractivity contribution in [2.75, 3.05) is 0 Å². The van der Waals surface area contributed by atoms with Gasteiger partial charge in [0.15, 0.2) is 0 Å². The molecule has 0 aromatic carbocycles. The first-order valence-electron chi connectivity index (χ1n) is 1.85. The molecule has 0 aromatic rings. The van der Waals surface area contributed by atoms with Crippen molar-refractivity contribution >= 4 is 5.97 Å². The highest BCUT2D eigenvalue weighted by Gasteiger charge is 1.87. The molecule has 0 fully saturated rings. The fraction of sp³-hybridized carbons (Fsp3) is 0.750. The summed E-state index contributed by atoms with van der Waals surface area (Å²) in [6.07, 6.45) is 0. The number of hydrogen-bond acceptors (Lipinski definition) is 3. The SMILES string of the molecule is CC(C)C(=O)[O-].[NH4+].[NH4+].[OH-]. The van der Waals surface area contributed by atoms with Gasteiger partial charge in [-0.1, -0.05) is 13.8 Å². The molecular formula is C4H16N2O3. The second-order valence-electron chi connectivity index (χ2n) is 1.47. The third kappa shape index (κ3) is 18.7. The predicted octanol–water partition coefficient (Wildman–Crippen LogP) is -0.0321. The van der Waals surface area contributed by atoms with Crippen LogP contribution in [-0.2, 0) is 4.79 Å². The van der Waals surface area contributed by atoms with Crippen molar-refractivity contribution in [1.82, 2.24) is 12.3 Å². The summed E-state index contributed by atoms with van der Waals surface area (Å²) in [6.45, 7) is 3.16. The van der Waals surface area contributed by atoms with E-state index in [0.29, 0.717) is 0 Å². The molecule has 0 aliphatic heterocycles. The molecule has 0 rings (SSSR count). The van der Waals surface area contributed by atoms with Gasteiger partial charge in [0.25, 0.3) is 0 Å². The Morgan fingerprint density at radius 3 is 1.44 bits per heavy atom. The molecule has 0 saturated carbocycles. The van der Waals surface area contributed by atoms with Gasteiger partial charge in [-0.2, -0.15) is 0 Å². The Bertz CT molecular complexity index is 64.8. The van der Waals surface area contributed by atoms with Crippen LogP contribution in [0.3, 0.4) is 0 Å². The number of carbonyl (C=O) groups is 1. The summed E-state index contributed by atoms with van der Waals surface area (Å²) in [6, 6.07) is 0. The van der Waals surface area contributed by atoms with E-state index in [1.54, 1.807) is 13.8 Å². The minimum atomic E-state index is -0.991. The number of quaternary nitrogens is 2. The third-order valence-corrected chi connectivity index (χ3v) is 0.471. The maximum absolute atomic E-state index is 9.59. The summed E-state index contributed by atoms with van der Waals surface area (Å²) >= 11 is 0. The first kappa shape index (κ1) is 23.8. The molecule has 0 aromatic heterocycles. The Morgan fingerprint density at radius 1 is 1.33 bits per heavy atom. The first-order chi connectivity index (χ1) is 2.64. The summed E-state index contributed by atoms with van der Waals surface area (Å²) in [4.78, 5) is 9.59. The van der Waals surface area contributed by atoms with Crippen molar-refractivity contribution < 1.29 is 15.4 Å². The van der Waals surface area contributed by atoms with Gasteiger partial charge >= 0.3 is 0 Å². The second kappa shape index (κ2) is 10.4. The lowest BCUT2D eigenvalue weighted by atomic mass is 10.2. The van der Waals surface area contributed by atoms with Gasteiger partial charge in [0.2, 0.25) is 0 Å². The van der Waals surface area contributed by atoms with Crippen LogP contribution in [-0.4, -0.2) is 11.4 Å². The predicted molar refractivity (Wildman–Crippen MR) is 33.8 cm³/mol. The lowest BCUT2D eigenvalue weighted by molar-refractivity contribution is -0.310. The van der Waals surface area contributed by atoms with Crippen molar-refractivity contribution in [2.45, 2.75) is 13.8 Å². The van der Waals surface area contributed by atoms with Crippen LogP contribution >= 0.6 is 0 Å². The highest BCUT2D eigenvalue weighted by Crippen LogP contribution is 1.83. The number of aliphatic carboxylic acids is 1. The smallest absolute Gasteiger partial charge is 0.0439 e. The molecule has 0 atom stereocenters. The maximum atomic E-state index is 9.59. The van der Waals surface area contributed by atoms with Crippen molar-refractivity contribution in [1.29, 1.82) is 0 Å². The van der Waals surface area contributed by atoms with Crippen molar-refractivity contribution in [3.8, 4) is 0 Å². The quantitative estimate of drug-likeness (QED) is 0.527. The minimum absolute atomic E-state index is 0. The fourth-order valence-electron chi connectivity index (χ4n) is 0. The molecule has 5 nitrogen and oxygen atoms in total. The number of carbonyl (C=O) groups excluding carboxylic acids is 1. The van der Waals surface area contributed by atoms with Gasteiger partial charge in [0, 0.05) is 5.97 Å². The van der Waals surface area contributed by atoms with E-state index in [1.165, 1.54) is 0 Å². The lowest BCUT2D eigenvalue weighted by Crippen LogP contribution is -2.27. The maximum Gasteiger partial charge on any atom is 0.0439 e. The minimum Gasteiger partial charge on any atom is -0.870 e. The van der Waals surface area contributed by atoms with Crippen LogP contribution < -0.4 is 17.4 Å². The van der Waals surface area contributed by atoms with Gasteiger partial charge in [0.1, 0.15) is 0 Å². The molecule has 0 amide bonds. The zero-order chi connectivity index (χ0) is 5.15. The summed E-state index contributed by atoms with van der Waals surface area (Å²) in [7, 11) is 0. The van der Waals surface area contributed by atoms with Gasteiger partial charge in [-0.15, -0.1) is 0 Å². The molecule has 0 spiro atoms. The van der Waals surface area contributed by atoms with E-state index in [1.807, 2.05) is 0 Å². The molecular weight excluding hydrogens is 124 g/mol. The van der Waals surface area contributed by atoms with E-state index < -0.39 is 5.97 Å². The highest BCUT2D eigenvalue weighted by atomic mass is 16.4. The zero-order valence-corrected chi connectivity index (χ0v) is 6.34. The summed E-state index contributed by atoms with van der Waals surface area (Å²) < 4.78 is 0. The second-order valence-corrected chi connectivity index (χ2v) is 1.47. The molecule has 0 saturated heterocycles. The number of hydrogen-bond donors (Lipinski definition) is 2. The average molecular weight is 140 g/mol. The van der Waals surface area contributed by atoms with Crippen LogP contribution in [0.2, 0.25) is 0 Å². The lowest BCUT2D eigenvalue weighted by Gasteiger charge is -2.01. The molecule has 0 bridgehead atoms. The Hall–Kier alpha value is -0.650. The van der Waals surface area contributed by atoms with Crippen LogP contribution in [0.4, 0.5) is 0 Å². The molecule has 0 unspecified atom stereocenters. The summed E-state index contributed by atoms with van der Waals surface area (Å²) in [5.74, 6) is -1.33. The zero-order valence-electron chi connectivity index (χ0n) is 6.34. The molecule has 0 heterocycles. The molecule has 9 N–H and O–H groups in total. The number of carboxylic acid groups (broad SMARTS) is 1. The van der Waals surface area contributed by atoms with Gasteiger partial charge in [-0.3, -0.25) is 0 Å². The van der Waals surface area contributed by atoms with E-state index in [-0.39, 0.29) is 23.7 Å². The number of carboxylic acids is 1. The highest BCUT2D eigenvalue weighted by molar-refractivity contribution is 5.66. The molecule has 0 aliphatic carbocycles. The van der Waals surface area contributed by atoms with Gasteiger partial charge < -0.3 is 27.7 Å². The van der Waals surface area contributed by atoms with Crippen LogP contribution in [0.15, 0.2) is 0 Å². The standard InChI is InChI=1S/C4H8O2.2H3N.H2O/c1-3(2)4(5)6;;;/h3H,1-2H3,(H,5,6);2*1H3;1H2. The van der Waals surface area contributed by atoms with E-state index in [9.17, 15) is 9.90 Å². The van der Waals surface area contributed by atoms with Crippen LogP contribution in [0.5, 0.6) is 0 Å². The largest absolute Gasteiger partial charge is 0.870 e. The first-order valence-corrected chi connectivity index (χ1v) is 1.85. The average Bonchev–Trinajstić information content (AvgIpc) is 1.36. The molecule has 0 radical (unpaired) electrons. The fourth-order valence-corrected chi connectivity index (χ4v) is 0. The van der Waals surface area contributed by atoms with E-state index in [2.05, 4.69) is 0 Å². The van der Waals surface area contributed by atoms with Gasteiger partial charge in [0.05, 0.1) is 0 Å². The molecule has 9 heavy (non-hydrogen) atoms. The van der Waals surface area contributed by atoms with Crippen molar-refractivity contribution in [2.24, 2.45) is 5.92 Å². The van der Waals surface area contributed by atoms with Crippen LogP contribution in [0.1, 0.15) is 13.8 Å². The molecule has 60 valence electrons. The van der Waals surface area contributed by atoms with Crippen LogP contribution in [0.25, 0.3) is 0 Å². The number of rotatable bonds is 1. The topological polar surface area (TPSA) is 143 Å². The third-order valence-electron chi connectivity index (χ3n) is 0.471. The van der Waals surface area contributed by atoms with E-state index >= 15 is 0 Å².